The Hall–Kier alpha value is -2.39. The smallest absolute Gasteiger partial charge is 0.187 e. The van der Waals surface area contributed by atoms with Gasteiger partial charge in [0.1, 0.15) is 6.33 Å². The van der Waals surface area contributed by atoms with Crippen molar-refractivity contribution in [3.63, 3.8) is 0 Å². The van der Waals surface area contributed by atoms with E-state index in [4.69, 9.17) is 17.0 Å². The molecule has 0 radical (unpaired) electrons. The first kappa shape index (κ1) is 16.5. The number of hydrogen-bond donors (Lipinski definition) is 2. The summed E-state index contributed by atoms with van der Waals surface area (Å²) in [4.78, 5) is 0. The summed E-state index contributed by atoms with van der Waals surface area (Å²) in [6.45, 7) is 3.45. The first-order valence-corrected chi connectivity index (χ1v) is 8.17. The van der Waals surface area contributed by atoms with Crippen LogP contribution in [0.1, 0.15) is 25.3 Å². The minimum atomic E-state index is 0.239. The molecule has 1 aliphatic rings. The Labute approximate surface area is 145 Å². The number of tetrazole rings is 1. The molecule has 1 saturated heterocycles. The van der Waals surface area contributed by atoms with Crippen LogP contribution in [0.4, 0.5) is 0 Å². The van der Waals surface area contributed by atoms with Crippen LogP contribution in [0.15, 0.2) is 35.7 Å². The lowest BCUT2D eigenvalue weighted by Gasteiger charge is -2.12. The number of aromatic nitrogens is 4. The van der Waals surface area contributed by atoms with Gasteiger partial charge in [0.15, 0.2) is 5.11 Å². The zero-order valence-electron chi connectivity index (χ0n) is 13.3. The van der Waals surface area contributed by atoms with Gasteiger partial charge in [-0.1, -0.05) is 12.1 Å². The quantitative estimate of drug-likeness (QED) is 0.475. The Morgan fingerprint density at radius 2 is 2.42 bits per heavy atom. The highest BCUT2D eigenvalue weighted by Gasteiger charge is 2.15. The van der Waals surface area contributed by atoms with Gasteiger partial charge in [0.25, 0.3) is 0 Å². The van der Waals surface area contributed by atoms with Crippen molar-refractivity contribution in [2.24, 2.45) is 5.10 Å². The molecule has 24 heavy (non-hydrogen) atoms. The predicted octanol–water partition coefficient (Wildman–Crippen LogP) is 1.03. The SMILES string of the molecule is C/C(=N/NC(=S)NC[C@H]1CCCO1)c1cccc(-n2cnnn2)c1. The molecule has 0 aliphatic carbocycles. The molecule has 0 unspecified atom stereocenters. The second-order valence-electron chi connectivity index (χ2n) is 5.46. The minimum Gasteiger partial charge on any atom is -0.376 e. The third-order valence-corrected chi connectivity index (χ3v) is 3.95. The normalized spacial score (nSPS) is 17.7. The summed E-state index contributed by atoms with van der Waals surface area (Å²) in [6.07, 6.45) is 3.97. The Bertz CT molecular complexity index is 710. The molecule has 2 heterocycles. The van der Waals surface area contributed by atoms with Crippen molar-refractivity contribution in [1.82, 2.24) is 30.9 Å². The molecule has 1 aromatic heterocycles. The molecule has 126 valence electrons. The summed E-state index contributed by atoms with van der Waals surface area (Å²) in [5.74, 6) is 0. The van der Waals surface area contributed by atoms with Gasteiger partial charge in [-0.2, -0.15) is 5.10 Å². The van der Waals surface area contributed by atoms with Gasteiger partial charge in [-0.25, -0.2) is 4.68 Å². The Kier molecular flexibility index (Phi) is 5.44. The van der Waals surface area contributed by atoms with Crippen molar-refractivity contribution < 1.29 is 4.74 Å². The third kappa shape index (κ3) is 4.33. The summed E-state index contributed by atoms with van der Waals surface area (Å²) in [7, 11) is 0. The monoisotopic (exact) mass is 345 g/mol. The molecule has 1 fully saturated rings. The Morgan fingerprint density at radius 3 is 3.17 bits per heavy atom. The molecule has 0 amide bonds. The van der Waals surface area contributed by atoms with Gasteiger partial charge in [0.2, 0.25) is 0 Å². The molecule has 2 aromatic rings. The average Bonchev–Trinajstić information content (AvgIpc) is 3.31. The summed E-state index contributed by atoms with van der Waals surface area (Å²) in [6, 6.07) is 7.78. The second-order valence-corrected chi connectivity index (χ2v) is 5.87. The molecule has 8 nitrogen and oxygen atoms in total. The van der Waals surface area contributed by atoms with Gasteiger partial charge in [0.05, 0.1) is 17.5 Å². The van der Waals surface area contributed by atoms with Crippen LogP contribution < -0.4 is 10.7 Å². The van der Waals surface area contributed by atoms with Crippen LogP contribution in [0.25, 0.3) is 5.69 Å². The number of thiocarbonyl (C=S) groups is 1. The van der Waals surface area contributed by atoms with Crippen molar-refractivity contribution in [2.45, 2.75) is 25.9 Å². The number of benzene rings is 1. The third-order valence-electron chi connectivity index (χ3n) is 3.72. The number of nitrogens with zero attached hydrogens (tertiary/aromatic N) is 5. The molecule has 1 aromatic carbocycles. The van der Waals surface area contributed by atoms with Gasteiger partial charge in [-0.3, -0.25) is 5.43 Å². The Morgan fingerprint density at radius 1 is 1.50 bits per heavy atom. The molecule has 2 N–H and O–H groups in total. The van der Waals surface area contributed by atoms with E-state index in [2.05, 4.69) is 31.4 Å². The van der Waals surface area contributed by atoms with Crippen molar-refractivity contribution in [3.8, 4) is 5.69 Å². The number of hydrogen-bond acceptors (Lipinski definition) is 6. The molecule has 0 saturated carbocycles. The number of nitrogens with one attached hydrogen (secondary N) is 2. The molecular weight excluding hydrogens is 326 g/mol. The maximum absolute atomic E-state index is 5.54. The van der Waals surface area contributed by atoms with Gasteiger partial charge >= 0.3 is 0 Å². The van der Waals surface area contributed by atoms with E-state index in [1.54, 1.807) is 11.0 Å². The molecular formula is C15H19N7OS. The van der Waals surface area contributed by atoms with E-state index >= 15 is 0 Å². The molecule has 3 rings (SSSR count). The van der Waals surface area contributed by atoms with E-state index in [1.807, 2.05) is 31.2 Å². The lowest BCUT2D eigenvalue weighted by molar-refractivity contribution is 0.114. The molecule has 1 aliphatic heterocycles. The molecule has 1 atom stereocenters. The number of rotatable bonds is 5. The van der Waals surface area contributed by atoms with Crippen LogP contribution in [-0.2, 0) is 4.74 Å². The van der Waals surface area contributed by atoms with Crippen molar-refractivity contribution in [1.29, 1.82) is 0 Å². The van der Waals surface area contributed by atoms with Crippen LogP contribution in [0.3, 0.4) is 0 Å². The fourth-order valence-corrected chi connectivity index (χ4v) is 2.53. The number of hydrazone groups is 1. The minimum absolute atomic E-state index is 0.239. The van der Waals surface area contributed by atoms with Gasteiger partial charge in [-0.05, 0) is 60.1 Å². The molecule has 0 spiro atoms. The van der Waals surface area contributed by atoms with Gasteiger partial charge < -0.3 is 10.1 Å². The highest BCUT2D eigenvalue weighted by molar-refractivity contribution is 7.80. The predicted molar refractivity (Wildman–Crippen MR) is 94.1 cm³/mol. The van der Waals surface area contributed by atoms with E-state index in [-0.39, 0.29) is 6.10 Å². The summed E-state index contributed by atoms with van der Waals surface area (Å²) < 4.78 is 7.14. The fraction of sp³-hybridized carbons (Fsp3) is 0.400. The maximum Gasteiger partial charge on any atom is 0.187 e. The van der Waals surface area contributed by atoms with E-state index in [0.717, 1.165) is 36.4 Å². The van der Waals surface area contributed by atoms with Crippen LogP contribution in [0.5, 0.6) is 0 Å². The largest absolute Gasteiger partial charge is 0.376 e. The average molecular weight is 345 g/mol. The molecule has 9 heteroatoms. The van der Waals surface area contributed by atoms with E-state index < -0.39 is 0 Å². The lowest BCUT2D eigenvalue weighted by atomic mass is 10.1. The molecule has 0 bridgehead atoms. The Balaban J connectivity index is 1.57. The van der Waals surface area contributed by atoms with E-state index in [1.165, 1.54) is 0 Å². The highest BCUT2D eigenvalue weighted by atomic mass is 32.1. The van der Waals surface area contributed by atoms with Crippen LogP contribution >= 0.6 is 12.2 Å². The summed E-state index contributed by atoms with van der Waals surface area (Å²) in [5, 5.41) is 19.1. The van der Waals surface area contributed by atoms with Crippen LogP contribution in [0, 0.1) is 0 Å². The van der Waals surface area contributed by atoms with Crippen molar-refractivity contribution >= 4 is 23.0 Å². The van der Waals surface area contributed by atoms with E-state index in [9.17, 15) is 0 Å². The summed E-state index contributed by atoms with van der Waals surface area (Å²) in [5.41, 5.74) is 5.50. The van der Waals surface area contributed by atoms with E-state index in [0.29, 0.717) is 11.7 Å². The standard InChI is InChI=1S/C15H19N7OS/c1-11(18-19-15(24)16-9-14-6-3-7-23-14)12-4-2-5-13(8-12)22-10-17-20-21-22/h2,4-5,8,10,14H,3,6-7,9H2,1H3,(H2,16,19,24)/b18-11-/t14-/m1/s1. The van der Waals surface area contributed by atoms with Crippen LogP contribution in [0.2, 0.25) is 0 Å². The second kappa shape index (κ2) is 7.93. The van der Waals surface area contributed by atoms with Gasteiger partial charge in [-0.15, -0.1) is 5.10 Å². The van der Waals surface area contributed by atoms with Gasteiger partial charge in [0, 0.05) is 13.2 Å². The fourth-order valence-electron chi connectivity index (χ4n) is 2.40. The number of ether oxygens (including phenoxy) is 1. The lowest BCUT2D eigenvalue weighted by Crippen LogP contribution is -2.37. The maximum atomic E-state index is 5.54. The first-order chi connectivity index (χ1) is 11.7. The topological polar surface area (TPSA) is 89.3 Å². The van der Waals surface area contributed by atoms with Crippen molar-refractivity contribution in [3.05, 3.63) is 36.2 Å². The zero-order chi connectivity index (χ0) is 16.8. The van der Waals surface area contributed by atoms with Crippen molar-refractivity contribution in [2.75, 3.05) is 13.2 Å². The highest BCUT2D eigenvalue weighted by Crippen LogP contribution is 2.11. The first-order valence-electron chi connectivity index (χ1n) is 7.76. The van der Waals surface area contributed by atoms with Crippen LogP contribution in [-0.4, -0.2) is 50.3 Å². The zero-order valence-corrected chi connectivity index (χ0v) is 14.2. The summed E-state index contributed by atoms with van der Waals surface area (Å²) >= 11 is 5.23.